The largest absolute Gasteiger partial charge is 0.480 e. The molecule has 1 N–H and O–H groups in total. The molecule has 178 valence electrons. The fourth-order valence-corrected chi connectivity index (χ4v) is 6.49. The fraction of sp³-hybridized carbons (Fsp3) is 0.750. The Balaban J connectivity index is 1.43. The number of pyridine rings is 1. The molecule has 4 rings (SSSR count). The first kappa shape index (κ1) is 23.7. The Morgan fingerprint density at radius 3 is 2.41 bits per heavy atom. The number of halogens is 3. The van der Waals surface area contributed by atoms with Gasteiger partial charge in [0, 0.05) is 6.04 Å². The van der Waals surface area contributed by atoms with Gasteiger partial charge in [-0.2, -0.15) is 24.9 Å². The van der Waals surface area contributed by atoms with E-state index in [4.69, 9.17) is 4.74 Å². The van der Waals surface area contributed by atoms with Crippen LogP contribution in [0.2, 0.25) is 0 Å². The minimum Gasteiger partial charge on any atom is -0.480 e. The Morgan fingerprint density at radius 1 is 1.22 bits per heavy atom. The van der Waals surface area contributed by atoms with Crippen molar-refractivity contribution < 1.29 is 22.7 Å². The number of nitrogens with zero attached hydrogens (tertiary/aromatic N) is 1. The smallest absolute Gasteiger partial charge is 0.433 e. The highest BCUT2D eigenvalue weighted by atomic mass is 32.2. The first-order valence-electron chi connectivity index (χ1n) is 11.6. The van der Waals surface area contributed by atoms with Gasteiger partial charge in [-0.3, -0.25) is 4.79 Å². The summed E-state index contributed by atoms with van der Waals surface area (Å²) in [6.45, 7) is 3.54. The van der Waals surface area contributed by atoms with Gasteiger partial charge in [0.25, 0.3) is 5.91 Å². The van der Waals surface area contributed by atoms with Gasteiger partial charge >= 0.3 is 6.18 Å². The molecule has 0 bridgehead atoms. The van der Waals surface area contributed by atoms with Crippen molar-refractivity contribution in [2.24, 2.45) is 23.2 Å². The minimum absolute atomic E-state index is 0.0494. The van der Waals surface area contributed by atoms with Crippen LogP contribution in [0.1, 0.15) is 73.5 Å². The van der Waals surface area contributed by atoms with Gasteiger partial charge in [-0.1, -0.05) is 12.8 Å². The molecule has 1 atom stereocenters. The van der Waals surface area contributed by atoms with Crippen molar-refractivity contribution in [1.82, 2.24) is 10.3 Å². The molecule has 3 aliphatic carbocycles. The number of amides is 1. The molecule has 1 amide bonds. The van der Waals surface area contributed by atoms with Crippen LogP contribution in [0, 0.1) is 30.1 Å². The van der Waals surface area contributed by atoms with Crippen molar-refractivity contribution in [3.63, 3.8) is 0 Å². The lowest BCUT2D eigenvalue weighted by molar-refractivity contribution is -0.141. The zero-order chi connectivity index (χ0) is 23.1. The van der Waals surface area contributed by atoms with E-state index in [1.807, 2.05) is 6.92 Å². The molecule has 0 saturated heterocycles. The summed E-state index contributed by atoms with van der Waals surface area (Å²) in [6.07, 6.45) is 4.06. The monoisotopic (exact) mass is 470 g/mol. The van der Waals surface area contributed by atoms with E-state index in [1.54, 1.807) is 0 Å². The molecule has 0 aromatic carbocycles. The lowest BCUT2D eigenvalue weighted by Crippen LogP contribution is -2.53. The number of aromatic nitrogens is 1. The highest BCUT2D eigenvalue weighted by Crippen LogP contribution is 2.56. The van der Waals surface area contributed by atoms with Crippen LogP contribution in [0.5, 0.6) is 5.88 Å². The number of methoxy groups -OCH3 is 1. The molecule has 1 aromatic rings. The van der Waals surface area contributed by atoms with E-state index in [0.717, 1.165) is 37.2 Å². The average molecular weight is 471 g/mol. The highest BCUT2D eigenvalue weighted by molar-refractivity contribution is 7.99. The van der Waals surface area contributed by atoms with Crippen molar-refractivity contribution in [2.75, 3.05) is 18.6 Å². The van der Waals surface area contributed by atoms with Gasteiger partial charge < -0.3 is 10.1 Å². The molecule has 1 aromatic heterocycles. The second-order valence-electron chi connectivity index (χ2n) is 10.2. The van der Waals surface area contributed by atoms with Gasteiger partial charge in [0.1, 0.15) is 11.3 Å². The molecule has 0 spiro atoms. The van der Waals surface area contributed by atoms with Crippen LogP contribution in [0.15, 0.2) is 6.07 Å². The SMILES string of the molecule is COc1nc(C(F)(F)F)cc(C)c1C(=O)NC(C)C1(CC2CC2)CC(CSCC2CC2)C1. The van der Waals surface area contributed by atoms with Gasteiger partial charge in [-0.25, -0.2) is 4.98 Å². The number of aryl methyl sites for hydroxylation is 1. The third-order valence-electron chi connectivity index (χ3n) is 7.35. The van der Waals surface area contributed by atoms with E-state index >= 15 is 0 Å². The van der Waals surface area contributed by atoms with Crippen LogP contribution in [-0.4, -0.2) is 35.5 Å². The molecular weight excluding hydrogens is 437 g/mol. The molecule has 3 fully saturated rings. The van der Waals surface area contributed by atoms with Crippen molar-refractivity contribution in [1.29, 1.82) is 0 Å². The molecule has 3 aliphatic rings. The van der Waals surface area contributed by atoms with E-state index in [0.29, 0.717) is 5.92 Å². The zero-order valence-electron chi connectivity index (χ0n) is 19.1. The molecular formula is C24H33F3N2O2S. The number of hydrogen-bond acceptors (Lipinski definition) is 4. The lowest BCUT2D eigenvalue weighted by Gasteiger charge is -2.52. The van der Waals surface area contributed by atoms with Gasteiger partial charge in [-0.05, 0) is 92.3 Å². The Hall–Kier alpha value is -1.44. The predicted octanol–water partition coefficient (Wildman–Crippen LogP) is 5.88. The maximum absolute atomic E-state index is 13.1. The molecule has 4 nitrogen and oxygen atoms in total. The maximum atomic E-state index is 13.1. The summed E-state index contributed by atoms with van der Waals surface area (Å²) in [4.78, 5) is 16.7. The number of alkyl halides is 3. The maximum Gasteiger partial charge on any atom is 0.433 e. The molecule has 0 aliphatic heterocycles. The van der Waals surface area contributed by atoms with Crippen molar-refractivity contribution in [3.8, 4) is 5.88 Å². The molecule has 32 heavy (non-hydrogen) atoms. The van der Waals surface area contributed by atoms with E-state index < -0.39 is 17.8 Å². The van der Waals surface area contributed by atoms with E-state index in [-0.39, 0.29) is 28.5 Å². The third kappa shape index (κ3) is 5.37. The summed E-state index contributed by atoms with van der Waals surface area (Å²) in [7, 11) is 1.24. The first-order valence-corrected chi connectivity index (χ1v) is 12.8. The predicted molar refractivity (Wildman–Crippen MR) is 120 cm³/mol. The van der Waals surface area contributed by atoms with E-state index in [9.17, 15) is 18.0 Å². The number of nitrogens with one attached hydrogen (secondary N) is 1. The van der Waals surface area contributed by atoms with Crippen LogP contribution in [-0.2, 0) is 6.18 Å². The molecule has 8 heteroatoms. The Bertz CT molecular complexity index is 846. The fourth-order valence-electron chi connectivity index (χ4n) is 5.12. The summed E-state index contributed by atoms with van der Waals surface area (Å²) in [6, 6.07) is 0.866. The number of carbonyl (C=O) groups excluding carboxylic acids is 1. The standard InChI is InChI=1S/C24H33F3N2O2S/c1-14-8-19(24(25,26)27)29-22(31-3)20(14)21(30)28-15(2)23(9-16-4-5-16)10-18(11-23)13-32-12-17-6-7-17/h8,15-18H,4-7,9-13H2,1-3H3,(H,28,30). The summed E-state index contributed by atoms with van der Waals surface area (Å²) < 4.78 is 44.4. The van der Waals surface area contributed by atoms with Crippen LogP contribution in [0.3, 0.4) is 0 Å². The van der Waals surface area contributed by atoms with Crippen LogP contribution >= 0.6 is 11.8 Å². The summed E-state index contributed by atoms with van der Waals surface area (Å²) in [5.74, 6) is 4.16. The van der Waals surface area contributed by atoms with Gasteiger partial charge in [0.05, 0.1) is 7.11 Å². The Kier molecular flexibility index (Phi) is 6.72. The third-order valence-corrected chi connectivity index (χ3v) is 8.76. The van der Waals surface area contributed by atoms with Crippen LogP contribution < -0.4 is 10.1 Å². The minimum atomic E-state index is -4.59. The quantitative estimate of drug-likeness (QED) is 0.464. The second kappa shape index (κ2) is 9.07. The lowest BCUT2D eigenvalue weighted by atomic mass is 9.56. The second-order valence-corrected chi connectivity index (χ2v) is 11.2. The highest BCUT2D eigenvalue weighted by Gasteiger charge is 2.50. The number of carbonyl (C=O) groups is 1. The first-order chi connectivity index (χ1) is 15.1. The average Bonchev–Trinajstić information content (AvgIpc) is 3.59. The molecule has 3 saturated carbocycles. The van der Waals surface area contributed by atoms with Crippen molar-refractivity contribution in [2.45, 2.75) is 71.0 Å². The summed E-state index contributed by atoms with van der Waals surface area (Å²) in [5.41, 5.74) is -0.660. The van der Waals surface area contributed by atoms with Gasteiger partial charge in [-0.15, -0.1) is 0 Å². The summed E-state index contributed by atoms with van der Waals surface area (Å²) >= 11 is 2.07. The Labute approximate surface area is 192 Å². The van der Waals surface area contributed by atoms with Crippen LogP contribution in [0.25, 0.3) is 0 Å². The van der Waals surface area contributed by atoms with E-state index in [2.05, 4.69) is 22.1 Å². The normalized spacial score (nSPS) is 26.4. The molecule has 1 heterocycles. The molecule has 1 unspecified atom stereocenters. The van der Waals surface area contributed by atoms with Gasteiger partial charge in [0.2, 0.25) is 5.88 Å². The van der Waals surface area contributed by atoms with Gasteiger partial charge in [0.15, 0.2) is 0 Å². The number of thioether (sulfide) groups is 1. The summed E-state index contributed by atoms with van der Waals surface area (Å²) in [5, 5.41) is 3.10. The van der Waals surface area contributed by atoms with Crippen molar-refractivity contribution in [3.05, 3.63) is 22.9 Å². The number of hydrogen-bond donors (Lipinski definition) is 1. The molecule has 0 radical (unpaired) electrons. The zero-order valence-corrected chi connectivity index (χ0v) is 19.9. The van der Waals surface area contributed by atoms with Crippen molar-refractivity contribution >= 4 is 17.7 Å². The number of ether oxygens (including phenoxy) is 1. The Morgan fingerprint density at radius 2 is 1.84 bits per heavy atom. The van der Waals surface area contributed by atoms with Crippen LogP contribution in [0.4, 0.5) is 13.2 Å². The topological polar surface area (TPSA) is 51.2 Å². The number of rotatable bonds is 10. The van der Waals surface area contributed by atoms with E-state index in [1.165, 1.54) is 51.2 Å².